The van der Waals surface area contributed by atoms with Gasteiger partial charge in [-0.2, -0.15) is 0 Å². The van der Waals surface area contributed by atoms with Crippen LogP contribution in [0.2, 0.25) is 0 Å². The first-order valence-electron chi connectivity index (χ1n) is 13.0. The van der Waals surface area contributed by atoms with Gasteiger partial charge in [0.15, 0.2) is 5.76 Å². The van der Waals surface area contributed by atoms with Gasteiger partial charge in [0, 0.05) is 36.0 Å². The second-order valence-electron chi connectivity index (χ2n) is 9.72. The summed E-state index contributed by atoms with van der Waals surface area (Å²) >= 11 is 0. The van der Waals surface area contributed by atoms with Crippen molar-refractivity contribution in [1.29, 1.82) is 0 Å². The van der Waals surface area contributed by atoms with Crippen LogP contribution < -0.4 is 18.9 Å². The largest absolute Gasteiger partial charge is 0.493 e. The number of furan rings is 1. The Morgan fingerprint density at radius 1 is 0.949 bits per heavy atom. The van der Waals surface area contributed by atoms with Gasteiger partial charge < -0.3 is 23.4 Å². The molecule has 0 aliphatic carbocycles. The molecule has 0 unspecified atom stereocenters. The molecule has 0 saturated carbocycles. The van der Waals surface area contributed by atoms with Crippen LogP contribution in [0.15, 0.2) is 83.2 Å². The maximum absolute atomic E-state index is 13.2. The minimum atomic E-state index is -0.402. The molecule has 0 spiro atoms. The van der Waals surface area contributed by atoms with Crippen LogP contribution in [0, 0.1) is 0 Å². The van der Waals surface area contributed by atoms with Crippen molar-refractivity contribution in [3.05, 3.63) is 112 Å². The second-order valence-corrected chi connectivity index (χ2v) is 9.72. The van der Waals surface area contributed by atoms with Crippen LogP contribution in [0.3, 0.4) is 0 Å². The molecule has 0 N–H and O–H groups in total. The van der Waals surface area contributed by atoms with Gasteiger partial charge in [0.25, 0.3) is 0 Å². The highest BCUT2D eigenvalue weighted by Crippen LogP contribution is 2.50. The molecule has 3 aliphatic rings. The van der Waals surface area contributed by atoms with E-state index in [2.05, 4.69) is 12.1 Å². The van der Waals surface area contributed by atoms with Crippen LogP contribution in [0.5, 0.6) is 23.0 Å². The molecule has 0 bridgehead atoms. The number of rotatable bonds is 6. The van der Waals surface area contributed by atoms with Crippen molar-refractivity contribution in [2.45, 2.75) is 25.2 Å². The monoisotopic (exact) mass is 520 g/mol. The number of para-hydroxylation sites is 1. The highest BCUT2D eigenvalue weighted by molar-refractivity contribution is 6.15. The summed E-state index contributed by atoms with van der Waals surface area (Å²) in [5.41, 5.74) is 4.34. The third-order valence-electron chi connectivity index (χ3n) is 7.29. The summed E-state index contributed by atoms with van der Waals surface area (Å²) in [4.78, 5) is 25.8. The summed E-state index contributed by atoms with van der Waals surface area (Å²) in [6.07, 6.45) is 4.87. The molecule has 1 atom stereocenters. The Morgan fingerprint density at radius 2 is 1.85 bits per heavy atom. The fraction of sp³-hybridized carbons (Fsp3) is 0.188. The summed E-state index contributed by atoms with van der Waals surface area (Å²) in [6.45, 7) is 1.20. The van der Waals surface area contributed by atoms with Gasteiger partial charge in [-0.15, -0.1) is 0 Å². The van der Waals surface area contributed by atoms with E-state index in [1.54, 1.807) is 30.3 Å². The Balaban J connectivity index is 1.19. The van der Waals surface area contributed by atoms with E-state index in [0.717, 1.165) is 30.8 Å². The molecule has 0 radical (unpaired) electrons. The van der Waals surface area contributed by atoms with Crippen molar-refractivity contribution in [3.8, 4) is 23.0 Å². The average molecular weight is 521 g/mol. The quantitative estimate of drug-likeness (QED) is 0.178. The fourth-order valence-electron chi connectivity index (χ4n) is 5.45. The van der Waals surface area contributed by atoms with Gasteiger partial charge in [0.2, 0.25) is 5.78 Å². The number of hydrogen-bond acceptors (Lipinski definition) is 7. The van der Waals surface area contributed by atoms with Gasteiger partial charge in [-0.1, -0.05) is 30.3 Å². The SMILES string of the molecule is O=C1C[C@H](c2ccccc2OCCc2ccc3c(c2)CCO3)c2c(ccc3c2O/C(=C\c2ccco2)C3=O)O1. The summed E-state index contributed by atoms with van der Waals surface area (Å²) < 4.78 is 28.9. The molecule has 4 heterocycles. The Labute approximate surface area is 224 Å². The summed E-state index contributed by atoms with van der Waals surface area (Å²) in [5, 5.41) is 0. The minimum absolute atomic E-state index is 0.101. The molecule has 7 rings (SSSR count). The van der Waals surface area contributed by atoms with Gasteiger partial charge >= 0.3 is 5.97 Å². The maximum Gasteiger partial charge on any atom is 0.312 e. The minimum Gasteiger partial charge on any atom is -0.493 e. The lowest BCUT2D eigenvalue weighted by molar-refractivity contribution is -0.135. The number of ether oxygens (including phenoxy) is 4. The summed E-state index contributed by atoms with van der Waals surface area (Å²) in [7, 11) is 0. The first-order chi connectivity index (χ1) is 19.1. The highest BCUT2D eigenvalue weighted by atomic mass is 16.5. The van der Waals surface area contributed by atoms with E-state index in [4.69, 9.17) is 23.4 Å². The molecule has 3 aliphatic heterocycles. The van der Waals surface area contributed by atoms with Crippen molar-refractivity contribution < 1.29 is 33.0 Å². The topological polar surface area (TPSA) is 84.2 Å². The third kappa shape index (κ3) is 4.26. The number of hydrogen-bond donors (Lipinski definition) is 0. The molecule has 7 nitrogen and oxygen atoms in total. The van der Waals surface area contributed by atoms with Gasteiger partial charge in [0.05, 0.1) is 31.5 Å². The van der Waals surface area contributed by atoms with Crippen molar-refractivity contribution in [1.82, 2.24) is 0 Å². The second kappa shape index (κ2) is 9.51. The summed E-state index contributed by atoms with van der Waals surface area (Å²) in [6, 6.07) is 20.7. The Bertz CT molecular complexity index is 1630. The van der Waals surface area contributed by atoms with Crippen molar-refractivity contribution in [2.75, 3.05) is 13.2 Å². The number of allylic oxidation sites excluding steroid dienone is 1. The fourth-order valence-corrected chi connectivity index (χ4v) is 5.45. The summed E-state index contributed by atoms with van der Waals surface area (Å²) in [5.74, 6) is 2.11. The number of benzene rings is 3. The van der Waals surface area contributed by atoms with Gasteiger partial charge in [-0.3, -0.25) is 9.59 Å². The van der Waals surface area contributed by atoms with Crippen LogP contribution in [0.4, 0.5) is 0 Å². The maximum atomic E-state index is 13.2. The Morgan fingerprint density at radius 3 is 2.74 bits per heavy atom. The lowest BCUT2D eigenvalue weighted by atomic mass is 9.84. The number of ketones is 1. The first kappa shape index (κ1) is 23.3. The molecule has 39 heavy (non-hydrogen) atoms. The predicted molar refractivity (Wildman–Crippen MR) is 141 cm³/mol. The zero-order valence-electron chi connectivity index (χ0n) is 21.0. The zero-order valence-corrected chi connectivity index (χ0v) is 21.0. The van der Waals surface area contributed by atoms with Crippen molar-refractivity contribution in [2.24, 2.45) is 0 Å². The van der Waals surface area contributed by atoms with Crippen LogP contribution >= 0.6 is 0 Å². The molecule has 7 heteroatoms. The number of Topliss-reactive ketones (excluding diaryl/α,β-unsaturated/α-hetero) is 1. The van der Waals surface area contributed by atoms with E-state index < -0.39 is 5.92 Å². The van der Waals surface area contributed by atoms with E-state index >= 15 is 0 Å². The predicted octanol–water partition coefficient (Wildman–Crippen LogP) is 5.89. The lowest BCUT2D eigenvalue weighted by Gasteiger charge is -2.27. The molecule has 194 valence electrons. The van der Waals surface area contributed by atoms with Crippen LogP contribution in [0.1, 0.15) is 50.7 Å². The van der Waals surface area contributed by atoms with E-state index in [1.165, 1.54) is 17.4 Å². The van der Waals surface area contributed by atoms with E-state index in [0.29, 0.717) is 40.7 Å². The molecule has 0 fully saturated rings. The van der Waals surface area contributed by atoms with Gasteiger partial charge in [-0.25, -0.2) is 0 Å². The number of carbonyl (C=O) groups excluding carboxylic acids is 2. The number of carbonyl (C=O) groups is 2. The van der Waals surface area contributed by atoms with Crippen molar-refractivity contribution >= 4 is 17.8 Å². The van der Waals surface area contributed by atoms with Crippen molar-refractivity contribution in [3.63, 3.8) is 0 Å². The number of esters is 1. The molecule has 1 aromatic heterocycles. The third-order valence-corrected chi connectivity index (χ3v) is 7.29. The normalized spacial score (nSPS) is 18.2. The smallest absolute Gasteiger partial charge is 0.312 e. The first-order valence-corrected chi connectivity index (χ1v) is 13.0. The molecule has 0 amide bonds. The highest BCUT2D eigenvalue weighted by Gasteiger charge is 2.39. The van der Waals surface area contributed by atoms with Gasteiger partial charge in [0.1, 0.15) is 28.8 Å². The molecule has 3 aromatic carbocycles. The average Bonchev–Trinajstić information content (AvgIpc) is 3.70. The van der Waals surface area contributed by atoms with Crippen LogP contribution in [-0.4, -0.2) is 25.0 Å². The van der Waals surface area contributed by atoms with E-state index in [1.807, 2.05) is 30.3 Å². The Kier molecular flexibility index (Phi) is 5.69. The van der Waals surface area contributed by atoms with E-state index in [-0.39, 0.29) is 23.9 Å². The lowest BCUT2D eigenvalue weighted by Crippen LogP contribution is -2.22. The molecule has 0 saturated heterocycles. The van der Waals surface area contributed by atoms with Crippen LogP contribution in [-0.2, 0) is 17.6 Å². The van der Waals surface area contributed by atoms with Gasteiger partial charge in [-0.05, 0) is 47.5 Å². The molecule has 4 aromatic rings. The van der Waals surface area contributed by atoms with Crippen LogP contribution in [0.25, 0.3) is 6.08 Å². The standard InChI is InChI=1S/C32H24O7/c33-29-18-24(22-5-1-2-6-26(22)37-14-11-19-7-9-25-20(16-19)12-15-36-25)30-27(38-29)10-8-23-31(34)28(39-32(23)30)17-21-4-3-13-35-21/h1-10,13,16-17,24H,11-12,14-15,18H2/b28-17-/t24-/m1/s1. The number of fused-ring (bicyclic) bond motifs is 4. The zero-order chi connectivity index (χ0) is 26.3. The Hall–Kier alpha value is -4.78. The van der Waals surface area contributed by atoms with E-state index in [9.17, 15) is 9.59 Å². The molecular formula is C32H24O7. The molecular weight excluding hydrogens is 496 g/mol.